The molecule has 2 atom stereocenters. The summed E-state index contributed by atoms with van der Waals surface area (Å²) in [5.74, 6) is -1.85. The van der Waals surface area contributed by atoms with Crippen LogP contribution in [0.1, 0.15) is 12.8 Å². The molecule has 0 spiro atoms. The van der Waals surface area contributed by atoms with Crippen LogP contribution in [-0.2, 0) is 9.59 Å². The monoisotopic (exact) mass is 368 g/mol. The van der Waals surface area contributed by atoms with Gasteiger partial charge < -0.3 is 33.1 Å². The summed E-state index contributed by atoms with van der Waals surface area (Å²) in [5, 5.41) is 19.5. The van der Waals surface area contributed by atoms with E-state index in [4.69, 9.17) is 22.9 Å². The lowest BCUT2D eigenvalue weighted by atomic mass is 9.56. The number of nitrogens with two attached hydrogens (primary N) is 4. The maximum atomic E-state index is 11.9. The molecule has 0 saturated carbocycles. The van der Waals surface area contributed by atoms with Gasteiger partial charge in [0.05, 0.1) is 5.41 Å². The van der Waals surface area contributed by atoms with Gasteiger partial charge in [-0.3, -0.25) is 9.59 Å². The van der Waals surface area contributed by atoms with Gasteiger partial charge in [-0.15, -0.1) is 0 Å². The molecule has 0 radical (unpaired) electrons. The Morgan fingerprint density at radius 1 is 0.870 bits per heavy atom. The lowest BCUT2D eigenvalue weighted by Crippen LogP contribution is -2.79. The highest BCUT2D eigenvalue weighted by molar-refractivity contribution is 7.98. The van der Waals surface area contributed by atoms with E-state index in [0.29, 0.717) is 11.5 Å². The molecule has 0 aliphatic rings. The van der Waals surface area contributed by atoms with Crippen LogP contribution in [-0.4, -0.2) is 70.3 Å². The summed E-state index contributed by atoms with van der Waals surface area (Å²) >= 11 is 2.81. The van der Waals surface area contributed by atoms with Crippen LogP contribution in [0.4, 0.5) is 0 Å². The predicted octanol–water partition coefficient (Wildman–Crippen LogP) is -1.04. The maximum Gasteiger partial charge on any atom is 0.324 e. The molecule has 23 heavy (non-hydrogen) atoms. The Bertz CT molecular complexity index is 389. The molecule has 0 saturated heterocycles. The van der Waals surface area contributed by atoms with Crippen LogP contribution < -0.4 is 22.9 Å². The maximum absolute atomic E-state index is 11.9. The number of aliphatic carboxylic acids is 2. The molecule has 8 nitrogen and oxygen atoms in total. The average molecular weight is 369 g/mol. The summed E-state index contributed by atoms with van der Waals surface area (Å²) in [6.07, 6.45) is 3.64. The van der Waals surface area contributed by atoms with Crippen molar-refractivity contribution in [2.75, 3.05) is 37.1 Å². The van der Waals surface area contributed by atoms with E-state index in [1.807, 2.05) is 0 Å². The summed E-state index contributed by atoms with van der Waals surface area (Å²) in [7, 11) is 0. The number of hydrogen-bond donors (Lipinski definition) is 6. The van der Waals surface area contributed by atoms with E-state index in [-0.39, 0.29) is 25.9 Å². The zero-order valence-electron chi connectivity index (χ0n) is 13.6. The number of carboxylic acids is 2. The molecule has 10 N–H and O–H groups in total. The van der Waals surface area contributed by atoms with Crippen molar-refractivity contribution in [2.24, 2.45) is 28.3 Å². The van der Waals surface area contributed by atoms with E-state index in [0.717, 1.165) is 0 Å². The number of carboxylic acid groups (broad SMARTS) is 2. The van der Waals surface area contributed by atoms with Gasteiger partial charge in [-0.1, -0.05) is 0 Å². The summed E-state index contributed by atoms with van der Waals surface area (Å²) in [6, 6.07) is 0. The van der Waals surface area contributed by atoms with Crippen molar-refractivity contribution in [2.45, 2.75) is 23.9 Å². The van der Waals surface area contributed by atoms with Crippen LogP contribution in [0.5, 0.6) is 0 Å². The summed E-state index contributed by atoms with van der Waals surface area (Å²) in [4.78, 5) is 23.9. The summed E-state index contributed by atoms with van der Waals surface area (Å²) in [6.45, 7) is -0.671. The number of thioether (sulfide) groups is 2. The molecular weight excluding hydrogens is 340 g/mol. The fraction of sp³-hybridized carbons (Fsp3) is 0.846. The van der Waals surface area contributed by atoms with Crippen LogP contribution in [0.25, 0.3) is 0 Å². The molecule has 0 aliphatic carbocycles. The largest absolute Gasteiger partial charge is 0.480 e. The predicted molar refractivity (Wildman–Crippen MR) is 95.6 cm³/mol. The third-order valence-corrected chi connectivity index (χ3v) is 5.79. The van der Waals surface area contributed by atoms with E-state index < -0.39 is 28.4 Å². The molecule has 0 bridgehead atoms. The van der Waals surface area contributed by atoms with Crippen molar-refractivity contribution in [3.63, 3.8) is 0 Å². The third kappa shape index (κ3) is 3.94. The van der Waals surface area contributed by atoms with E-state index in [9.17, 15) is 19.8 Å². The standard InChI is InChI=1S/C13H28N4O4S2/c1-22-5-3-12(16,9(18)19)11(7-14,8-15)13(17,10(20)21)4-6-23-2/h3-8,14-17H2,1-2H3,(H,18,19)(H,20,21). The Morgan fingerprint density at radius 2 is 1.17 bits per heavy atom. The van der Waals surface area contributed by atoms with Crippen molar-refractivity contribution in [1.82, 2.24) is 0 Å². The highest BCUT2D eigenvalue weighted by atomic mass is 32.2. The van der Waals surface area contributed by atoms with Crippen molar-refractivity contribution in [3.8, 4) is 0 Å². The molecule has 0 aliphatic heterocycles. The Kier molecular flexibility index (Phi) is 8.89. The van der Waals surface area contributed by atoms with E-state index in [1.54, 1.807) is 12.5 Å². The quantitative estimate of drug-likeness (QED) is 0.249. The van der Waals surface area contributed by atoms with Crippen LogP contribution in [0.3, 0.4) is 0 Å². The van der Waals surface area contributed by atoms with Gasteiger partial charge in [0.25, 0.3) is 0 Å². The first-order valence-electron chi connectivity index (χ1n) is 7.06. The van der Waals surface area contributed by atoms with Crippen molar-refractivity contribution >= 4 is 35.5 Å². The van der Waals surface area contributed by atoms with E-state index in [2.05, 4.69) is 0 Å². The Morgan fingerprint density at radius 3 is 1.35 bits per heavy atom. The first-order chi connectivity index (χ1) is 10.6. The molecule has 0 aromatic rings. The fourth-order valence-electron chi connectivity index (χ4n) is 2.84. The van der Waals surface area contributed by atoms with Crippen LogP contribution in [0.2, 0.25) is 0 Å². The van der Waals surface area contributed by atoms with Gasteiger partial charge in [0, 0.05) is 13.1 Å². The van der Waals surface area contributed by atoms with Crippen LogP contribution in [0.15, 0.2) is 0 Å². The van der Waals surface area contributed by atoms with Gasteiger partial charge in [0.2, 0.25) is 0 Å². The first-order valence-corrected chi connectivity index (χ1v) is 9.85. The molecule has 10 heteroatoms. The van der Waals surface area contributed by atoms with Gasteiger partial charge >= 0.3 is 11.9 Å². The Labute approximate surface area is 145 Å². The second kappa shape index (κ2) is 9.09. The first kappa shape index (κ1) is 22.5. The molecule has 0 heterocycles. The lowest BCUT2D eigenvalue weighted by molar-refractivity contribution is -0.161. The summed E-state index contributed by atoms with van der Waals surface area (Å²) < 4.78 is 0. The van der Waals surface area contributed by atoms with Gasteiger partial charge in [-0.25, -0.2) is 0 Å². The fourth-order valence-corrected chi connectivity index (χ4v) is 3.89. The minimum absolute atomic E-state index is 0.0173. The minimum Gasteiger partial charge on any atom is -0.480 e. The van der Waals surface area contributed by atoms with Crippen molar-refractivity contribution in [1.29, 1.82) is 0 Å². The van der Waals surface area contributed by atoms with E-state index >= 15 is 0 Å². The van der Waals surface area contributed by atoms with Gasteiger partial charge in [-0.05, 0) is 36.9 Å². The molecule has 0 aromatic heterocycles. The summed E-state index contributed by atoms with van der Waals surface area (Å²) in [5.41, 5.74) is 18.5. The second-order valence-electron chi connectivity index (χ2n) is 5.53. The molecule has 0 aromatic carbocycles. The lowest BCUT2D eigenvalue weighted by Gasteiger charge is -2.53. The van der Waals surface area contributed by atoms with Gasteiger partial charge in [0.15, 0.2) is 0 Å². The number of hydrogen-bond acceptors (Lipinski definition) is 8. The molecule has 0 amide bonds. The Hall–Kier alpha value is -0.520. The molecule has 2 unspecified atom stereocenters. The number of rotatable bonds is 12. The normalized spacial score (nSPS) is 17.3. The van der Waals surface area contributed by atoms with Gasteiger partial charge in [-0.2, -0.15) is 23.5 Å². The second-order valence-corrected chi connectivity index (χ2v) is 7.50. The topological polar surface area (TPSA) is 179 Å². The van der Waals surface area contributed by atoms with Crippen LogP contribution in [0, 0.1) is 5.41 Å². The van der Waals surface area contributed by atoms with Gasteiger partial charge in [0.1, 0.15) is 11.1 Å². The molecule has 136 valence electrons. The zero-order chi connectivity index (χ0) is 18.3. The molecule has 0 fully saturated rings. The van der Waals surface area contributed by atoms with E-state index in [1.165, 1.54) is 23.5 Å². The van der Waals surface area contributed by atoms with Crippen molar-refractivity contribution in [3.05, 3.63) is 0 Å². The SMILES string of the molecule is CSCCC(N)(C(=O)O)C(CN)(CN)C(N)(CCSC)C(=O)O. The zero-order valence-corrected chi connectivity index (χ0v) is 15.2. The molecule has 0 rings (SSSR count). The van der Waals surface area contributed by atoms with Crippen molar-refractivity contribution < 1.29 is 19.8 Å². The molecular formula is C13H28N4O4S2. The average Bonchev–Trinajstić information content (AvgIpc) is 2.51. The minimum atomic E-state index is -1.94. The highest BCUT2D eigenvalue weighted by Crippen LogP contribution is 2.43. The smallest absolute Gasteiger partial charge is 0.324 e. The highest BCUT2D eigenvalue weighted by Gasteiger charge is 2.65. The van der Waals surface area contributed by atoms with Crippen LogP contribution >= 0.6 is 23.5 Å². The third-order valence-electron chi connectivity index (χ3n) is 4.57. The Balaban J connectivity index is 6.29. The number of carbonyl (C=O) groups is 2.